The molecule has 33 heavy (non-hydrogen) atoms. The van der Waals surface area contributed by atoms with E-state index in [9.17, 15) is 4.79 Å². The van der Waals surface area contributed by atoms with Crippen LogP contribution in [0, 0.1) is 0 Å². The second-order valence-electron chi connectivity index (χ2n) is 7.31. The Bertz CT molecular complexity index is 1190. The molecule has 0 aliphatic carbocycles. The van der Waals surface area contributed by atoms with Gasteiger partial charge in [0.25, 0.3) is 5.91 Å². The smallest absolute Gasteiger partial charge is 0.271 e. The minimum atomic E-state index is -0.302. The highest BCUT2D eigenvalue weighted by Crippen LogP contribution is 2.18. The van der Waals surface area contributed by atoms with Crippen molar-refractivity contribution in [1.82, 2.24) is 5.43 Å². The second-order valence-corrected chi connectivity index (χ2v) is 7.31. The van der Waals surface area contributed by atoms with Crippen molar-refractivity contribution in [2.24, 2.45) is 5.10 Å². The summed E-state index contributed by atoms with van der Waals surface area (Å²) in [6.07, 6.45) is 1.58. The number of carbonyl (C=O) groups is 1. The lowest BCUT2D eigenvalue weighted by Gasteiger charge is -2.09. The topological polar surface area (TPSA) is 59.9 Å². The van der Waals surface area contributed by atoms with Gasteiger partial charge in [-0.2, -0.15) is 5.10 Å². The molecule has 0 aromatic heterocycles. The molecule has 4 aromatic carbocycles. The van der Waals surface area contributed by atoms with E-state index in [1.54, 1.807) is 30.5 Å². The summed E-state index contributed by atoms with van der Waals surface area (Å²) in [5.41, 5.74) is 5.99. The predicted octanol–water partition coefficient (Wildman–Crippen LogP) is 5.61. The van der Waals surface area contributed by atoms with Crippen LogP contribution < -0.4 is 14.9 Å². The molecule has 1 amide bonds. The Labute approximate surface area is 193 Å². The Hall–Kier alpha value is -4.38. The number of nitrogens with zero attached hydrogens (tertiary/aromatic N) is 1. The number of rotatable bonds is 9. The molecule has 0 atom stereocenters. The third-order valence-electron chi connectivity index (χ3n) is 4.89. The van der Waals surface area contributed by atoms with E-state index in [2.05, 4.69) is 10.5 Å². The lowest BCUT2D eigenvalue weighted by molar-refractivity contribution is 0.0955. The van der Waals surface area contributed by atoms with Gasteiger partial charge in [0.1, 0.15) is 24.7 Å². The van der Waals surface area contributed by atoms with E-state index in [0.717, 1.165) is 16.7 Å². The van der Waals surface area contributed by atoms with Gasteiger partial charge in [-0.15, -0.1) is 0 Å². The van der Waals surface area contributed by atoms with Crippen LogP contribution in [0.2, 0.25) is 0 Å². The number of carbonyl (C=O) groups excluding carboxylic acids is 1. The van der Waals surface area contributed by atoms with Gasteiger partial charge in [0.15, 0.2) is 0 Å². The van der Waals surface area contributed by atoms with E-state index in [-0.39, 0.29) is 5.91 Å². The van der Waals surface area contributed by atoms with Crippen molar-refractivity contribution in [2.75, 3.05) is 0 Å². The number of benzene rings is 4. The summed E-state index contributed by atoms with van der Waals surface area (Å²) < 4.78 is 11.7. The molecule has 0 saturated carbocycles. The monoisotopic (exact) mass is 436 g/mol. The average Bonchev–Trinajstić information content (AvgIpc) is 2.88. The lowest BCUT2D eigenvalue weighted by Crippen LogP contribution is -2.17. The summed E-state index contributed by atoms with van der Waals surface area (Å²) in [6, 6.07) is 34.4. The van der Waals surface area contributed by atoms with Crippen LogP contribution in [-0.4, -0.2) is 12.1 Å². The molecule has 5 heteroatoms. The molecule has 0 unspecified atom stereocenters. The van der Waals surface area contributed by atoms with Gasteiger partial charge in [-0.25, -0.2) is 5.43 Å². The van der Waals surface area contributed by atoms with E-state index in [1.807, 2.05) is 84.9 Å². The predicted molar refractivity (Wildman–Crippen MR) is 129 cm³/mol. The molecular weight excluding hydrogens is 412 g/mol. The van der Waals surface area contributed by atoms with E-state index >= 15 is 0 Å². The second kappa shape index (κ2) is 11.3. The van der Waals surface area contributed by atoms with Gasteiger partial charge in [0, 0.05) is 11.1 Å². The summed E-state index contributed by atoms with van der Waals surface area (Å²) >= 11 is 0. The molecule has 0 saturated heterocycles. The summed E-state index contributed by atoms with van der Waals surface area (Å²) in [4.78, 5) is 12.4. The number of para-hydroxylation sites is 1. The van der Waals surface area contributed by atoms with Gasteiger partial charge in [0.05, 0.1) is 6.21 Å². The molecule has 0 radical (unpaired) electrons. The van der Waals surface area contributed by atoms with Gasteiger partial charge in [-0.1, -0.05) is 72.8 Å². The molecule has 0 bridgehead atoms. The quantitative estimate of drug-likeness (QED) is 0.274. The highest BCUT2D eigenvalue weighted by Gasteiger charge is 2.06. The maximum atomic E-state index is 12.4. The summed E-state index contributed by atoms with van der Waals surface area (Å²) in [7, 11) is 0. The Morgan fingerprint density at radius 3 is 1.94 bits per heavy atom. The number of hydrazone groups is 1. The molecule has 0 aliphatic heterocycles. The van der Waals surface area contributed by atoms with Crippen LogP contribution in [0.3, 0.4) is 0 Å². The van der Waals surface area contributed by atoms with E-state index in [0.29, 0.717) is 30.3 Å². The first-order chi connectivity index (χ1) is 16.3. The van der Waals surface area contributed by atoms with E-state index in [1.165, 1.54) is 0 Å². The largest absolute Gasteiger partial charge is 0.489 e. The van der Waals surface area contributed by atoms with Crippen LogP contribution in [0.25, 0.3) is 0 Å². The number of nitrogens with one attached hydrogen (secondary N) is 1. The molecule has 4 rings (SSSR count). The third-order valence-corrected chi connectivity index (χ3v) is 4.89. The zero-order chi connectivity index (χ0) is 22.7. The summed E-state index contributed by atoms with van der Waals surface area (Å²) in [5, 5.41) is 4.10. The molecule has 0 fully saturated rings. The maximum Gasteiger partial charge on any atom is 0.271 e. The molecule has 0 spiro atoms. The van der Waals surface area contributed by atoms with E-state index < -0.39 is 0 Å². The Morgan fingerprint density at radius 2 is 1.27 bits per heavy atom. The number of hydrogen-bond donors (Lipinski definition) is 1. The van der Waals surface area contributed by atoms with Gasteiger partial charge in [-0.3, -0.25) is 4.79 Å². The minimum Gasteiger partial charge on any atom is -0.489 e. The zero-order valence-electron chi connectivity index (χ0n) is 18.1. The van der Waals surface area contributed by atoms with Crippen molar-refractivity contribution in [2.45, 2.75) is 13.2 Å². The molecule has 0 aliphatic rings. The fourth-order valence-electron chi connectivity index (χ4n) is 3.12. The van der Waals surface area contributed by atoms with Crippen molar-refractivity contribution >= 4 is 12.1 Å². The first-order valence-corrected chi connectivity index (χ1v) is 10.6. The average molecular weight is 437 g/mol. The number of hydrogen-bond acceptors (Lipinski definition) is 4. The molecule has 1 N–H and O–H groups in total. The van der Waals surface area contributed by atoms with Crippen LogP contribution in [0.5, 0.6) is 11.5 Å². The van der Waals surface area contributed by atoms with Gasteiger partial charge in [0.2, 0.25) is 0 Å². The third kappa shape index (κ3) is 6.55. The Morgan fingerprint density at radius 1 is 0.697 bits per heavy atom. The SMILES string of the molecule is O=C(NN=Cc1ccccc1OCc1ccccc1)c1ccc(OCc2ccccc2)cc1. The van der Waals surface area contributed by atoms with Gasteiger partial charge >= 0.3 is 0 Å². The van der Waals surface area contributed by atoms with Crippen LogP contribution >= 0.6 is 0 Å². The molecule has 0 heterocycles. The van der Waals surface area contributed by atoms with Gasteiger partial charge in [-0.05, 0) is 47.5 Å². The van der Waals surface area contributed by atoms with Crippen molar-refractivity contribution < 1.29 is 14.3 Å². The van der Waals surface area contributed by atoms with Crippen molar-refractivity contribution in [3.63, 3.8) is 0 Å². The Balaban J connectivity index is 1.31. The fourth-order valence-corrected chi connectivity index (χ4v) is 3.12. The fraction of sp³-hybridized carbons (Fsp3) is 0.0714. The Kier molecular flexibility index (Phi) is 7.48. The highest BCUT2D eigenvalue weighted by atomic mass is 16.5. The summed E-state index contributed by atoms with van der Waals surface area (Å²) in [5.74, 6) is 1.09. The highest BCUT2D eigenvalue weighted by molar-refractivity contribution is 5.95. The minimum absolute atomic E-state index is 0.302. The molecule has 4 aromatic rings. The summed E-state index contributed by atoms with van der Waals surface area (Å²) in [6.45, 7) is 0.930. The van der Waals surface area contributed by atoms with Crippen LogP contribution in [0.1, 0.15) is 27.0 Å². The number of ether oxygens (including phenoxy) is 2. The van der Waals surface area contributed by atoms with Crippen LogP contribution in [0.4, 0.5) is 0 Å². The van der Waals surface area contributed by atoms with Crippen molar-refractivity contribution in [3.05, 3.63) is 131 Å². The standard InChI is InChI=1S/C28H24N2O3/c31-28(24-15-17-26(18-16-24)32-20-22-9-3-1-4-10-22)30-29-19-25-13-7-8-14-27(25)33-21-23-11-5-2-6-12-23/h1-19H,20-21H2,(H,30,31). The number of amides is 1. The van der Waals surface area contributed by atoms with Crippen LogP contribution in [-0.2, 0) is 13.2 Å². The van der Waals surface area contributed by atoms with E-state index in [4.69, 9.17) is 9.47 Å². The van der Waals surface area contributed by atoms with Crippen LogP contribution in [0.15, 0.2) is 114 Å². The zero-order valence-corrected chi connectivity index (χ0v) is 18.1. The van der Waals surface area contributed by atoms with Gasteiger partial charge < -0.3 is 9.47 Å². The molecular formula is C28H24N2O3. The molecule has 5 nitrogen and oxygen atoms in total. The maximum absolute atomic E-state index is 12.4. The first-order valence-electron chi connectivity index (χ1n) is 10.6. The lowest BCUT2D eigenvalue weighted by atomic mass is 10.2. The van der Waals surface area contributed by atoms with Crippen molar-refractivity contribution in [3.8, 4) is 11.5 Å². The first kappa shape index (κ1) is 21.8. The molecule has 164 valence electrons. The normalized spacial score (nSPS) is 10.7. The van der Waals surface area contributed by atoms with Crippen molar-refractivity contribution in [1.29, 1.82) is 0 Å².